The Hall–Kier alpha value is -0.150. The van der Waals surface area contributed by atoms with Crippen molar-refractivity contribution >= 4 is 49.7 Å². The molecule has 0 aromatic carbocycles. The third-order valence-electron chi connectivity index (χ3n) is 2.30. The Morgan fingerprint density at radius 1 is 1.53 bits per heavy atom. The highest BCUT2D eigenvalue weighted by atomic mass is 79.9. The molecule has 0 radical (unpaired) electrons. The number of alkyl halides is 2. The van der Waals surface area contributed by atoms with Gasteiger partial charge in [0.05, 0.1) is 6.67 Å². The monoisotopic (exact) mass is 369 g/mol. The summed E-state index contributed by atoms with van der Waals surface area (Å²) in [7, 11) is 0. The van der Waals surface area contributed by atoms with Gasteiger partial charge in [0.25, 0.3) is 5.78 Å². The maximum atomic E-state index is 11.7. The second kappa shape index (κ2) is 7.32. The molecule has 2 N–H and O–H groups in total. The fourth-order valence-corrected chi connectivity index (χ4v) is 2.09. The van der Waals surface area contributed by atoms with Crippen LogP contribution >= 0.6 is 31.9 Å². The van der Waals surface area contributed by atoms with Crippen molar-refractivity contribution in [3.05, 3.63) is 0 Å². The van der Waals surface area contributed by atoms with Gasteiger partial charge in [0.15, 0.2) is 6.29 Å². The van der Waals surface area contributed by atoms with Crippen LogP contribution in [0.5, 0.6) is 0 Å². The Balaban J connectivity index is 2.68. The smallest absolute Gasteiger partial charge is 0.263 e. The normalized spacial score (nSPS) is 23.1. The lowest BCUT2D eigenvalue weighted by Crippen LogP contribution is -2.63. The molecule has 0 saturated carbocycles. The Morgan fingerprint density at radius 3 is 2.82 bits per heavy atom. The zero-order valence-electron chi connectivity index (χ0n) is 8.99. The average molecular weight is 371 g/mol. The third-order valence-corrected chi connectivity index (χ3v) is 4.56. The minimum Gasteiger partial charge on any atom is -0.294 e. The zero-order valence-corrected chi connectivity index (χ0v) is 12.2. The highest BCUT2D eigenvalue weighted by Gasteiger charge is 2.32. The van der Waals surface area contributed by atoms with Crippen molar-refractivity contribution in [3.8, 4) is 0 Å². The lowest BCUT2D eigenvalue weighted by Gasteiger charge is -2.36. The van der Waals surface area contributed by atoms with Gasteiger partial charge in [-0.1, -0.05) is 31.9 Å². The average Bonchev–Trinajstić information content (AvgIpc) is 2.37. The third kappa shape index (κ3) is 4.22. The van der Waals surface area contributed by atoms with Gasteiger partial charge in [0, 0.05) is 23.4 Å². The predicted molar refractivity (Wildman–Crippen MR) is 69.1 cm³/mol. The van der Waals surface area contributed by atoms with Gasteiger partial charge in [0.2, 0.25) is 5.78 Å². The molecule has 1 saturated heterocycles. The van der Waals surface area contributed by atoms with Gasteiger partial charge < -0.3 is 0 Å². The standard InChI is InChI=1S/C9H13Br2N3O3/c10-1-6(11)2-14-5-12-4-13-9(14)8(17)7(16)3-15/h3,6,9,12-13H,1-2,4-5H2. The van der Waals surface area contributed by atoms with Gasteiger partial charge in [0.1, 0.15) is 6.17 Å². The SMILES string of the molecule is O=CC(=O)C(=O)C1NCNCN1CC(Br)CBr. The summed E-state index contributed by atoms with van der Waals surface area (Å²) in [6, 6.07) is 0. The summed E-state index contributed by atoms with van der Waals surface area (Å²) >= 11 is 6.75. The van der Waals surface area contributed by atoms with Gasteiger partial charge in [-0.2, -0.15) is 0 Å². The van der Waals surface area contributed by atoms with E-state index < -0.39 is 17.7 Å². The molecular formula is C9H13Br2N3O3. The van der Waals surface area contributed by atoms with E-state index in [0.29, 0.717) is 19.9 Å². The van der Waals surface area contributed by atoms with Crippen molar-refractivity contribution in [1.29, 1.82) is 0 Å². The number of ketones is 2. The number of nitrogens with one attached hydrogen (secondary N) is 2. The molecule has 0 aliphatic carbocycles. The van der Waals surface area contributed by atoms with Crippen molar-refractivity contribution in [1.82, 2.24) is 15.5 Å². The van der Waals surface area contributed by atoms with Crippen LogP contribution in [0.15, 0.2) is 0 Å². The summed E-state index contributed by atoms with van der Waals surface area (Å²) < 4.78 is 0. The minimum absolute atomic E-state index is 0.0559. The lowest BCUT2D eigenvalue weighted by molar-refractivity contribution is -0.144. The number of rotatable bonds is 6. The van der Waals surface area contributed by atoms with E-state index in [1.165, 1.54) is 0 Å². The molecule has 1 aliphatic rings. The van der Waals surface area contributed by atoms with Gasteiger partial charge >= 0.3 is 0 Å². The van der Waals surface area contributed by atoms with E-state index in [1.54, 1.807) is 4.90 Å². The summed E-state index contributed by atoms with van der Waals surface area (Å²) in [4.78, 5) is 35.0. The molecule has 0 bridgehead atoms. The van der Waals surface area contributed by atoms with Gasteiger partial charge in [-0.15, -0.1) is 0 Å². The fraction of sp³-hybridized carbons (Fsp3) is 0.667. The first-order chi connectivity index (χ1) is 8.10. The second-order valence-corrected chi connectivity index (χ2v) is 5.50. The second-order valence-electron chi connectivity index (χ2n) is 3.56. The number of nitrogens with zero attached hydrogens (tertiary/aromatic N) is 1. The topological polar surface area (TPSA) is 78.5 Å². The summed E-state index contributed by atoms with van der Waals surface area (Å²) in [5, 5.41) is 6.62. The van der Waals surface area contributed by atoms with E-state index in [2.05, 4.69) is 42.5 Å². The van der Waals surface area contributed by atoms with Crippen molar-refractivity contribution in [2.24, 2.45) is 0 Å². The van der Waals surface area contributed by atoms with Gasteiger partial charge in [-0.25, -0.2) is 0 Å². The van der Waals surface area contributed by atoms with E-state index in [1.807, 2.05) is 0 Å². The number of Topliss-reactive ketones (excluding diaryl/α,β-unsaturated/α-hetero) is 2. The number of carbonyl (C=O) groups is 3. The van der Waals surface area contributed by atoms with E-state index in [9.17, 15) is 14.4 Å². The van der Waals surface area contributed by atoms with Gasteiger partial charge in [-0.3, -0.25) is 29.9 Å². The van der Waals surface area contributed by atoms with Crippen LogP contribution in [0.25, 0.3) is 0 Å². The molecule has 2 atom stereocenters. The molecule has 0 amide bonds. The van der Waals surface area contributed by atoms with Crippen LogP contribution < -0.4 is 10.6 Å². The highest BCUT2D eigenvalue weighted by Crippen LogP contribution is 2.09. The molecule has 1 aliphatic heterocycles. The number of aldehydes is 1. The number of hydrogen-bond acceptors (Lipinski definition) is 6. The number of halogens is 2. The van der Waals surface area contributed by atoms with Crippen LogP contribution in [0, 0.1) is 0 Å². The summed E-state index contributed by atoms with van der Waals surface area (Å²) in [6.07, 6.45) is -0.673. The van der Waals surface area contributed by atoms with Crippen molar-refractivity contribution in [3.63, 3.8) is 0 Å². The van der Waals surface area contributed by atoms with Crippen molar-refractivity contribution in [2.45, 2.75) is 11.0 Å². The largest absolute Gasteiger partial charge is 0.294 e. The first-order valence-electron chi connectivity index (χ1n) is 5.01. The molecule has 1 rings (SSSR count). The Bertz CT molecular complexity index is 314. The Kier molecular flexibility index (Phi) is 6.42. The summed E-state index contributed by atoms with van der Waals surface area (Å²) in [6.45, 7) is 1.50. The molecule has 2 unspecified atom stereocenters. The van der Waals surface area contributed by atoms with Crippen LogP contribution in [-0.2, 0) is 14.4 Å². The lowest BCUT2D eigenvalue weighted by atomic mass is 10.2. The molecule has 96 valence electrons. The maximum Gasteiger partial charge on any atom is 0.263 e. The molecular weight excluding hydrogens is 358 g/mol. The molecule has 0 spiro atoms. The first kappa shape index (κ1) is 14.9. The van der Waals surface area contributed by atoms with E-state index >= 15 is 0 Å². The molecule has 8 heteroatoms. The molecule has 17 heavy (non-hydrogen) atoms. The van der Waals surface area contributed by atoms with Crippen LogP contribution in [0.3, 0.4) is 0 Å². The highest BCUT2D eigenvalue weighted by molar-refractivity contribution is 9.12. The number of hydrogen-bond donors (Lipinski definition) is 2. The van der Waals surface area contributed by atoms with Crippen molar-refractivity contribution < 1.29 is 14.4 Å². The minimum atomic E-state index is -1.00. The van der Waals surface area contributed by atoms with Crippen molar-refractivity contribution in [2.75, 3.05) is 25.2 Å². The molecule has 1 fully saturated rings. The van der Waals surface area contributed by atoms with Crippen LogP contribution in [0.1, 0.15) is 0 Å². The summed E-state index contributed by atoms with van der Waals surface area (Å²) in [5.74, 6) is -1.71. The quantitative estimate of drug-likeness (QED) is 0.276. The first-order valence-corrected chi connectivity index (χ1v) is 7.05. The Labute approximate surface area is 116 Å². The maximum absolute atomic E-state index is 11.7. The molecule has 0 aromatic rings. The predicted octanol–water partition coefficient (Wildman–Crippen LogP) is -0.782. The molecule has 6 nitrogen and oxygen atoms in total. The van der Waals surface area contributed by atoms with E-state index in [4.69, 9.17) is 0 Å². The number of carbonyl (C=O) groups excluding carboxylic acids is 3. The van der Waals surface area contributed by atoms with Crippen LogP contribution in [0.2, 0.25) is 0 Å². The molecule has 0 aromatic heterocycles. The van der Waals surface area contributed by atoms with Gasteiger partial charge in [-0.05, 0) is 0 Å². The Morgan fingerprint density at radius 2 is 2.24 bits per heavy atom. The van der Waals surface area contributed by atoms with Crippen LogP contribution in [-0.4, -0.2) is 59.0 Å². The summed E-state index contributed by atoms with van der Waals surface area (Å²) in [5.41, 5.74) is 0. The molecule has 1 heterocycles. The fourth-order valence-electron chi connectivity index (χ4n) is 1.51. The zero-order chi connectivity index (χ0) is 12.8. The van der Waals surface area contributed by atoms with E-state index in [0.717, 1.165) is 5.33 Å². The van der Waals surface area contributed by atoms with Crippen LogP contribution in [0.4, 0.5) is 0 Å². The van der Waals surface area contributed by atoms with E-state index in [-0.39, 0.29) is 11.1 Å².